The molecular weight excluding hydrogens is 372 g/mol. The number of aliphatic hydroxyl groups excluding tert-OH is 2. The molecule has 1 saturated heterocycles. The lowest BCUT2D eigenvalue weighted by Gasteiger charge is -2.33. The number of benzene rings is 2. The van der Waals surface area contributed by atoms with Crippen molar-refractivity contribution in [3.8, 4) is 0 Å². The van der Waals surface area contributed by atoms with Crippen LogP contribution in [0.15, 0.2) is 42.5 Å². The van der Waals surface area contributed by atoms with Crippen molar-refractivity contribution in [1.82, 2.24) is 0 Å². The second-order valence-corrected chi connectivity index (χ2v) is 8.86. The summed E-state index contributed by atoms with van der Waals surface area (Å²) in [6, 6.07) is 15.7. The van der Waals surface area contributed by atoms with Crippen LogP contribution >= 0.6 is 0 Å². The van der Waals surface area contributed by atoms with Gasteiger partial charge in [0.05, 0.1) is 24.9 Å². The first-order valence-corrected chi connectivity index (χ1v) is 11.7. The molecule has 1 heterocycles. The minimum atomic E-state index is -0.411. The fourth-order valence-corrected chi connectivity index (χ4v) is 4.33. The molecule has 1 aliphatic heterocycles. The largest absolute Gasteiger partial charge is 0.394 e. The molecule has 2 fully saturated rings. The van der Waals surface area contributed by atoms with E-state index in [0.717, 1.165) is 12.0 Å². The third kappa shape index (κ3) is 5.72. The average Bonchev–Trinajstić information content (AvgIpc) is 3.60. The highest BCUT2D eigenvalue weighted by molar-refractivity contribution is 5.41. The molecule has 0 bridgehead atoms. The van der Waals surface area contributed by atoms with Crippen LogP contribution in [0.4, 0.5) is 0 Å². The molecule has 2 N–H and O–H groups in total. The molecular formula is C27H38O3. The molecule has 1 aliphatic carbocycles. The van der Waals surface area contributed by atoms with Crippen LogP contribution in [-0.4, -0.2) is 29.0 Å². The van der Waals surface area contributed by atoms with Crippen LogP contribution in [0.3, 0.4) is 0 Å². The molecule has 164 valence electrons. The van der Waals surface area contributed by atoms with Gasteiger partial charge in [0.25, 0.3) is 0 Å². The first kappa shape index (κ1) is 23.0. The minimum absolute atomic E-state index is 0.0389. The summed E-state index contributed by atoms with van der Waals surface area (Å²) in [5, 5.41) is 19.7. The molecule has 3 atom stereocenters. The van der Waals surface area contributed by atoms with Crippen LogP contribution < -0.4 is 0 Å². The van der Waals surface area contributed by atoms with Crippen molar-refractivity contribution < 1.29 is 14.9 Å². The number of ether oxygens (including phenoxy) is 1. The Kier molecular flexibility index (Phi) is 8.10. The van der Waals surface area contributed by atoms with E-state index in [0.29, 0.717) is 24.7 Å². The van der Waals surface area contributed by atoms with Crippen molar-refractivity contribution in [3.05, 3.63) is 70.3 Å². The Morgan fingerprint density at radius 3 is 2.30 bits per heavy atom. The lowest BCUT2D eigenvalue weighted by Crippen LogP contribution is -2.33. The van der Waals surface area contributed by atoms with E-state index in [1.165, 1.54) is 35.1 Å². The maximum Gasteiger partial charge on any atom is 0.0854 e. The van der Waals surface area contributed by atoms with Gasteiger partial charge in [0.1, 0.15) is 0 Å². The monoisotopic (exact) mass is 410 g/mol. The predicted molar refractivity (Wildman–Crippen MR) is 123 cm³/mol. The summed E-state index contributed by atoms with van der Waals surface area (Å²) in [5.74, 6) is 1.25. The van der Waals surface area contributed by atoms with E-state index in [2.05, 4.69) is 56.3 Å². The molecule has 2 aromatic rings. The van der Waals surface area contributed by atoms with E-state index in [1.54, 1.807) is 0 Å². The average molecular weight is 411 g/mol. The Bertz CT molecular complexity index is 792. The van der Waals surface area contributed by atoms with Crippen molar-refractivity contribution in [1.29, 1.82) is 0 Å². The van der Waals surface area contributed by atoms with Crippen LogP contribution in [-0.2, 0) is 11.2 Å². The van der Waals surface area contributed by atoms with Crippen molar-refractivity contribution in [3.63, 3.8) is 0 Å². The zero-order valence-electron chi connectivity index (χ0n) is 19.0. The summed E-state index contributed by atoms with van der Waals surface area (Å²) in [5.41, 5.74) is 6.67. The zero-order chi connectivity index (χ0) is 21.7. The summed E-state index contributed by atoms with van der Waals surface area (Å²) < 4.78 is 6.05. The first-order valence-electron chi connectivity index (χ1n) is 11.7. The fourth-order valence-electron chi connectivity index (χ4n) is 4.33. The Balaban J connectivity index is 0.00000124. The molecule has 0 aromatic heterocycles. The van der Waals surface area contributed by atoms with Gasteiger partial charge in [-0.2, -0.15) is 0 Å². The lowest BCUT2D eigenvalue weighted by molar-refractivity contribution is -0.113. The lowest BCUT2D eigenvalue weighted by atomic mass is 9.90. The molecule has 2 aromatic carbocycles. The molecule has 0 amide bonds. The number of hydrogen-bond acceptors (Lipinski definition) is 3. The first-order chi connectivity index (χ1) is 14.5. The van der Waals surface area contributed by atoms with Gasteiger partial charge in [-0.3, -0.25) is 0 Å². The van der Waals surface area contributed by atoms with Gasteiger partial charge >= 0.3 is 0 Å². The second kappa shape index (κ2) is 10.6. The summed E-state index contributed by atoms with van der Waals surface area (Å²) in [7, 11) is 0. The van der Waals surface area contributed by atoms with Gasteiger partial charge in [-0.05, 0) is 58.9 Å². The number of hydrogen-bond donors (Lipinski definition) is 2. The molecule has 3 nitrogen and oxygen atoms in total. The Morgan fingerprint density at radius 1 is 1.00 bits per heavy atom. The Hall–Kier alpha value is -1.68. The SMILES string of the molecule is CC.CC(C)c1ccc(Cc2cc([C@H]3C[C@@H](O)C[C@@H](CO)O3)ccc2C2CC2)cc1. The minimum Gasteiger partial charge on any atom is -0.394 e. The van der Waals surface area contributed by atoms with Crippen LogP contribution in [0.5, 0.6) is 0 Å². The van der Waals surface area contributed by atoms with Gasteiger partial charge in [-0.25, -0.2) is 0 Å². The normalized spacial score (nSPS) is 23.8. The Labute approximate surface area is 182 Å². The predicted octanol–water partition coefficient (Wildman–Crippen LogP) is 5.88. The van der Waals surface area contributed by atoms with E-state index in [4.69, 9.17) is 4.74 Å². The maximum absolute atomic E-state index is 10.2. The highest BCUT2D eigenvalue weighted by Gasteiger charge is 2.31. The summed E-state index contributed by atoms with van der Waals surface area (Å²) in [6.45, 7) is 8.41. The fraction of sp³-hybridized carbons (Fsp3) is 0.556. The summed E-state index contributed by atoms with van der Waals surface area (Å²) in [4.78, 5) is 0. The van der Waals surface area contributed by atoms with Crippen LogP contribution in [0.2, 0.25) is 0 Å². The molecule has 30 heavy (non-hydrogen) atoms. The van der Waals surface area contributed by atoms with Crippen LogP contribution in [0, 0.1) is 0 Å². The van der Waals surface area contributed by atoms with Crippen LogP contribution in [0.25, 0.3) is 0 Å². The van der Waals surface area contributed by atoms with Gasteiger partial charge < -0.3 is 14.9 Å². The molecule has 3 heteroatoms. The number of rotatable bonds is 6. The van der Waals surface area contributed by atoms with Crippen molar-refractivity contribution in [2.75, 3.05) is 6.61 Å². The molecule has 0 unspecified atom stereocenters. The number of aliphatic hydroxyl groups is 2. The Morgan fingerprint density at radius 2 is 1.70 bits per heavy atom. The van der Waals surface area contributed by atoms with Gasteiger partial charge in [-0.15, -0.1) is 0 Å². The van der Waals surface area contributed by atoms with Crippen molar-refractivity contribution in [2.45, 2.75) is 89.9 Å². The topological polar surface area (TPSA) is 49.7 Å². The van der Waals surface area contributed by atoms with E-state index in [1.807, 2.05) is 13.8 Å². The van der Waals surface area contributed by atoms with Gasteiger partial charge in [0.15, 0.2) is 0 Å². The van der Waals surface area contributed by atoms with Crippen molar-refractivity contribution >= 4 is 0 Å². The third-order valence-electron chi connectivity index (χ3n) is 6.18. The quantitative estimate of drug-likeness (QED) is 0.625. The van der Waals surface area contributed by atoms with Gasteiger partial charge in [0, 0.05) is 12.8 Å². The zero-order valence-corrected chi connectivity index (χ0v) is 19.0. The smallest absolute Gasteiger partial charge is 0.0854 e. The maximum atomic E-state index is 10.2. The molecule has 4 rings (SSSR count). The van der Waals surface area contributed by atoms with Gasteiger partial charge in [-0.1, -0.05) is 70.2 Å². The highest BCUT2D eigenvalue weighted by atomic mass is 16.5. The molecule has 1 saturated carbocycles. The van der Waals surface area contributed by atoms with Crippen LogP contribution in [0.1, 0.15) is 99.1 Å². The van der Waals surface area contributed by atoms with E-state index in [9.17, 15) is 10.2 Å². The molecule has 0 radical (unpaired) electrons. The van der Waals surface area contributed by atoms with Gasteiger partial charge in [0.2, 0.25) is 0 Å². The third-order valence-corrected chi connectivity index (χ3v) is 6.18. The standard InChI is InChI=1S/C25H32O3.C2H6/c1-16(2)18-5-3-17(4-6-18)11-21-12-20(9-10-24(21)19-7-8-19)25-14-22(27)13-23(15-26)28-25;1-2/h3-6,9-10,12,16,19,22-23,25-27H,7-8,11,13-15H2,1-2H3;1-2H3/t22-,23-,25+;/m0./s1. The van der Waals surface area contributed by atoms with E-state index < -0.39 is 6.10 Å². The summed E-state index contributed by atoms with van der Waals surface area (Å²) in [6.07, 6.45) is 3.78. The van der Waals surface area contributed by atoms with E-state index in [-0.39, 0.29) is 18.8 Å². The van der Waals surface area contributed by atoms with E-state index >= 15 is 0 Å². The molecule has 2 aliphatic rings. The summed E-state index contributed by atoms with van der Waals surface area (Å²) >= 11 is 0. The second-order valence-electron chi connectivity index (χ2n) is 8.86. The molecule has 0 spiro atoms. The highest BCUT2D eigenvalue weighted by Crippen LogP contribution is 2.43. The van der Waals surface area contributed by atoms with Crippen molar-refractivity contribution in [2.24, 2.45) is 0 Å².